The summed E-state index contributed by atoms with van der Waals surface area (Å²) in [7, 11) is 1.70. The molecule has 1 aliphatic rings. The van der Waals surface area contributed by atoms with Crippen LogP contribution >= 0.6 is 0 Å². The average Bonchev–Trinajstić information content (AvgIpc) is 2.16. The van der Waals surface area contributed by atoms with Gasteiger partial charge in [-0.05, 0) is 12.2 Å². The number of nitrogens with one attached hydrogen (secondary N) is 1. The van der Waals surface area contributed by atoms with E-state index in [1.165, 1.54) is 0 Å². The Hall–Kier alpha value is -1.71. The topological polar surface area (TPSA) is 58.6 Å². The molecule has 0 unspecified atom stereocenters. The largest absolute Gasteiger partial charge is 0.486 e. The van der Waals surface area contributed by atoms with Gasteiger partial charge < -0.3 is 15.2 Å². The molecule has 1 rings (SSSR count). The predicted molar refractivity (Wildman–Crippen MR) is 48.0 cm³/mol. The second-order valence-electron chi connectivity index (χ2n) is 2.50. The zero-order chi connectivity index (χ0) is 9.84. The standard InChI is InChI=1S/C9H11NO3/c1-3-8-7(10-2)4-6(5-13-8)9(11)12/h3-4,10H,1,5H2,2H3,(H,11,12). The number of carboxylic acids is 1. The fourth-order valence-corrected chi connectivity index (χ4v) is 1.01. The fourth-order valence-electron chi connectivity index (χ4n) is 1.01. The molecule has 1 heterocycles. The van der Waals surface area contributed by atoms with E-state index in [0.29, 0.717) is 11.5 Å². The first-order valence-corrected chi connectivity index (χ1v) is 3.80. The van der Waals surface area contributed by atoms with E-state index in [0.717, 1.165) is 0 Å². The van der Waals surface area contributed by atoms with Crippen LogP contribution in [0.4, 0.5) is 0 Å². The average molecular weight is 181 g/mol. The van der Waals surface area contributed by atoms with Crippen LogP contribution in [0.15, 0.2) is 35.8 Å². The molecular formula is C9H11NO3. The van der Waals surface area contributed by atoms with Crippen molar-refractivity contribution in [2.75, 3.05) is 13.7 Å². The summed E-state index contributed by atoms with van der Waals surface area (Å²) < 4.78 is 5.15. The van der Waals surface area contributed by atoms with E-state index in [1.807, 2.05) is 0 Å². The maximum atomic E-state index is 10.6. The van der Waals surface area contributed by atoms with E-state index in [9.17, 15) is 4.79 Å². The maximum absolute atomic E-state index is 10.6. The molecule has 0 atom stereocenters. The van der Waals surface area contributed by atoms with Crippen molar-refractivity contribution in [3.05, 3.63) is 35.8 Å². The molecule has 2 N–H and O–H groups in total. The Balaban J connectivity index is 2.99. The van der Waals surface area contributed by atoms with Crippen LogP contribution < -0.4 is 5.32 Å². The molecule has 70 valence electrons. The minimum absolute atomic E-state index is 0.0852. The first-order valence-electron chi connectivity index (χ1n) is 3.80. The molecule has 0 fully saturated rings. The number of hydrogen-bond acceptors (Lipinski definition) is 3. The van der Waals surface area contributed by atoms with Crippen molar-refractivity contribution in [1.82, 2.24) is 5.32 Å². The first-order chi connectivity index (χ1) is 6.19. The highest BCUT2D eigenvalue weighted by Crippen LogP contribution is 2.16. The van der Waals surface area contributed by atoms with Crippen LogP contribution in [0.1, 0.15) is 0 Å². The molecule has 0 amide bonds. The molecule has 0 spiro atoms. The Morgan fingerprint density at radius 1 is 1.85 bits per heavy atom. The number of allylic oxidation sites excluding steroid dienone is 2. The van der Waals surface area contributed by atoms with Gasteiger partial charge in [0.15, 0.2) is 0 Å². The van der Waals surface area contributed by atoms with Gasteiger partial charge in [-0.25, -0.2) is 4.79 Å². The SMILES string of the molecule is C=CC1=C(NC)C=C(C(=O)O)CO1. The van der Waals surface area contributed by atoms with Crippen LogP contribution in [0.2, 0.25) is 0 Å². The van der Waals surface area contributed by atoms with Crippen molar-refractivity contribution in [1.29, 1.82) is 0 Å². The van der Waals surface area contributed by atoms with Crippen LogP contribution in [-0.4, -0.2) is 24.7 Å². The zero-order valence-corrected chi connectivity index (χ0v) is 7.33. The third-order valence-electron chi connectivity index (χ3n) is 1.70. The van der Waals surface area contributed by atoms with Crippen molar-refractivity contribution >= 4 is 5.97 Å². The molecule has 1 aliphatic heterocycles. The lowest BCUT2D eigenvalue weighted by Gasteiger charge is -2.16. The van der Waals surface area contributed by atoms with E-state index in [2.05, 4.69) is 11.9 Å². The summed E-state index contributed by atoms with van der Waals surface area (Å²) >= 11 is 0. The van der Waals surface area contributed by atoms with Crippen LogP contribution in [0.5, 0.6) is 0 Å². The summed E-state index contributed by atoms with van der Waals surface area (Å²) in [6, 6.07) is 0. The monoisotopic (exact) mass is 181 g/mol. The number of rotatable bonds is 3. The second-order valence-corrected chi connectivity index (χ2v) is 2.50. The molecule has 0 aliphatic carbocycles. The van der Waals surface area contributed by atoms with Crippen molar-refractivity contribution in [2.45, 2.75) is 0 Å². The van der Waals surface area contributed by atoms with Crippen molar-refractivity contribution in [3.8, 4) is 0 Å². The van der Waals surface area contributed by atoms with Gasteiger partial charge in [-0.2, -0.15) is 0 Å². The normalized spacial score (nSPS) is 15.9. The molecule has 0 radical (unpaired) electrons. The third-order valence-corrected chi connectivity index (χ3v) is 1.70. The van der Waals surface area contributed by atoms with Crippen molar-refractivity contribution < 1.29 is 14.6 Å². The van der Waals surface area contributed by atoms with Gasteiger partial charge in [-0.15, -0.1) is 0 Å². The summed E-state index contributed by atoms with van der Waals surface area (Å²) in [4.78, 5) is 10.6. The Morgan fingerprint density at radius 3 is 3.00 bits per heavy atom. The van der Waals surface area contributed by atoms with E-state index in [4.69, 9.17) is 9.84 Å². The van der Waals surface area contributed by atoms with Crippen molar-refractivity contribution in [3.63, 3.8) is 0 Å². The fraction of sp³-hybridized carbons (Fsp3) is 0.222. The summed E-state index contributed by atoms with van der Waals surface area (Å²) in [6.07, 6.45) is 3.09. The molecule has 0 saturated carbocycles. The summed E-state index contributed by atoms with van der Waals surface area (Å²) in [6.45, 7) is 3.64. The maximum Gasteiger partial charge on any atom is 0.335 e. The summed E-state index contributed by atoms with van der Waals surface area (Å²) in [5.41, 5.74) is 0.869. The van der Waals surface area contributed by atoms with Gasteiger partial charge in [-0.3, -0.25) is 0 Å². The summed E-state index contributed by atoms with van der Waals surface area (Å²) in [5.74, 6) is -0.386. The van der Waals surface area contributed by atoms with Crippen molar-refractivity contribution in [2.24, 2.45) is 0 Å². The van der Waals surface area contributed by atoms with E-state index >= 15 is 0 Å². The van der Waals surface area contributed by atoms with Crippen LogP contribution in [0, 0.1) is 0 Å². The lowest BCUT2D eigenvalue weighted by Crippen LogP contribution is -2.18. The van der Waals surface area contributed by atoms with Gasteiger partial charge in [0, 0.05) is 7.05 Å². The Bertz CT molecular complexity index is 302. The van der Waals surface area contributed by atoms with Gasteiger partial charge in [0.2, 0.25) is 0 Å². The first kappa shape index (κ1) is 9.38. The van der Waals surface area contributed by atoms with Gasteiger partial charge in [0.05, 0.1) is 11.3 Å². The molecule has 0 aromatic heterocycles. The quantitative estimate of drug-likeness (QED) is 0.671. The van der Waals surface area contributed by atoms with Gasteiger partial charge >= 0.3 is 5.97 Å². The molecule has 0 bridgehead atoms. The highest BCUT2D eigenvalue weighted by atomic mass is 16.5. The molecule has 4 nitrogen and oxygen atoms in total. The zero-order valence-electron chi connectivity index (χ0n) is 7.33. The van der Waals surface area contributed by atoms with Gasteiger partial charge in [0.25, 0.3) is 0 Å². The Labute approximate surface area is 76.2 Å². The number of aliphatic carboxylic acids is 1. The van der Waals surface area contributed by atoms with Gasteiger partial charge in [0.1, 0.15) is 12.4 Å². The van der Waals surface area contributed by atoms with Crippen LogP contribution in [-0.2, 0) is 9.53 Å². The lowest BCUT2D eigenvalue weighted by atomic mass is 10.2. The lowest BCUT2D eigenvalue weighted by molar-refractivity contribution is -0.133. The number of carboxylic acid groups (broad SMARTS) is 1. The van der Waals surface area contributed by atoms with Gasteiger partial charge in [-0.1, -0.05) is 6.58 Å². The molecule has 0 aromatic carbocycles. The predicted octanol–water partition coefficient (Wildman–Crippen LogP) is 0.645. The third kappa shape index (κ3) is 1.90. The smallest absolute Gasteiger partial charge is 0.335 e. The number of hydrogen-bond donors (Lipinski definition) is 2. The highest BCUT2D eigenvalue weighted by Gasteiger charge is 2.16. The number of likely N-dealkylation sites (N-methyl/N-ethyl adjacent to an activating group) is 1. The number of ether oxygens (including phenoxy) is 1. The molecule has 4 heteroatoms. The van der Waals surface area contributed by atoms with E-state index in [-0.39, 0.29) is 12.2 Å². The minimum atomic E-state index is -0.962. The summed E-state index contributed by atoms with van der Waals surface area (Å²) in [5, 5.41) is 11.5. The minimum Gasteiger partial charge on any atom is -0.486 e. The van der Waals surface area contributed by atoms with E-state index in [1.54, 1.807) is 19.2 Å². The molecule has 0 saturated heterocycles. The Morgan fingerprint density at radius 2 is 2.54 bits per heavy atom. The van der Waals surface area contributed by atoms with Crippen LogP contribution in [0.25, 0.3) is 0 Å². The molecular weight excluding hydrogens is 170 g/mol. The second kappa shape index (κ2) is 3.80. The highest BCUT2D eigenvalue weighted by molar-refractivity contribution is 5.87. The van der Waals surface area contributed by atoms with Crippen LogP contribution in [0.3, 0.4) is 0 Å². The molecule has 0 aromatic rings. The Kier molecular flexibility index (Phi) is 2.74. The molecule has 13 heavy (non-hydrogen) atoms. The van der Waals surface area contributed by atoms with E-state index < -0.39 is 5.97 Å². The number of carbonyl (C=O) groups is 1.